The molecule has 2 aromatic carbocycles. The fraction of sp³-hybridized carbons (Fsp3) is 0.350. The lowest BCUT2D eigenvalue weighted by Gasteiger charge is -2.21. The monoisotopic (exact) mass is 341 g/mol. The average molecular weight is 341 g/mol. The molecule has 2 N–H and O–H groups in total. The predicted molar refractivity (Wildman–Crippen MR) is 103 cm³/mol. The van der Waals surface area contributed by atoms with E-state index < -0.39 is 0 Å². The summed E-state index contributed by atoms with van der Waals surface area (Å²) < 4.78 is 5.39. The van der Waals surface area contributed by atoms with Crippen LogP contribution in [0.4, 0.5) is 11.4 Å². The number of hydrogen-bond donors (Lipinski definition) is 2. The van der Waals surface area contributed by atoms with Crippen molar-refractivity contribution in [1.82, 2.24) is 5.32 Å². The number of carbonyl (C=O) groups is 1. The molecular weight excluding hydrogens is 314 g/mol. The number of methoxy groups -OCH3 is 1. The molecule has 1 amide bonds. The summed E-state index contributed by atoms with van der Waals surface area (Å²) in [6, 6.07) is 15.2. The van der Waals surface area contributed by atoms with E-state index in [0.717, 1.165) is 22.7 Å². The van der Waals surface area contributed by atoms with Crippen LogP contribution in [0.15, 0.2) is 48.5 Å². The van der Waals surface area contributed by atoms with Gasteiger partial charge in [-0.3, -0.25) is 10.1 Å². The topological polar surface area (TPSA) is 53.6 Å². The summed E-state index contributed by atoms with van der Waals surface area (Å²) >= 11 is 0. The molecule has 0 radical (unpaired) electrons. The second kappa shape index (κ2) is 8.53. The van der Waals surface area contributed by atoms with Gasteiger partial charge < -0.3 is 15.0 Å². The molecule has 5 nitrogen and oxygen atoms in total. The molecule has 2 atom stereocenters. The molecule has 2 unspecified atom stereocenters. The number of para-hydroxylation sites is 1. The Hall–Kier alpha value is -2.53. The largest absolute Gasteiger partial charge is 0.496 e. The first-order valence-corrected chi connectivity index (χ1v) is 8.39. The van der Waals surface area contributed by atoms with Crippen molar-refractivity contribution in [3.8, 4) is 5.75 Å². The smallest absolute Gasteiger partial charge is 0.241 e. The van der Waals surface area contributed by atoms with Gasteiger partial charge in [-0.2, -0.15) is 0 Å². The first kappa shape index (κ1) is 18.8. The second-order valence-corrected chi connectivity index (χ2v) is 6.28. The number of benzene rings is 2. The third-order valence-electron chi connectivity index (χ3n) is 4.15. The number of rotatable bonds is 7. The molecule has 0 aromatic heterocycles. The highest BCUT2D eigenvalue weighted by atomic mass is 16.5. The van der Waals surface area contributed by atoms with E-state index in [1.54, 1.807) is 7.11 Å². The maximum Gasteiger partial charge on any atom is 0.241 e. The molecule has 0 bridgehead atoms. The van der Waals surface area contributed by atoms with Crippen molar-refractivity contribution in [3.05, 3.63) is 54.1 Å². The van der Waals surface area contributed by atoms with E-state index in [4.69, 9.17) is 4.74 Å². The van der Waals surface area contributed by atoms with Crippen molar-refractivity contribution in [2.75, 3.05) is 31.4 Å². The second-order valence-electron chi connectivity index (χ2n) is 6.28. The van der Waals surface area contributed by atoms with Crippen LogP contribution >= 0.6 is 0 Å². The van der Waals surface area contributed by atoms with Crippen LogP contribution in [0.3, 0.4) is 0 Å². The SMILES string of the molecule is COc1ccccc1C(C)NC(C)C(=O)Nc1ccc(N(C)C)cc1. The zero-order chi connectivity index (χ0) is 18.4. The van der Waals surface area contributed by atoms with Crippen LogP contribution in [0.5, 0.6) is 5.75 Å². The Kier molecular flexibility index (Phi) is 6.42. The third-order valence-corrected chi connectivity index (χ3v) is 4.15. The minimum Gasteiger partial charge on any atom is -0.496 e. The number of ether oxygens (including phenoxy) is 1. The van der Waals surface area contributed by atoms with E-state index in [2.05, 4.69) is 10.6 Å². The van der Waals surface area contributed by atoms with Gasteiger partial charge in [0.1, 0.15) is 5.75 Å². The van der Waals surface area contributed by atoms with Crippen LogP contribution in [0, 0.1) is 0 Å². The lowest BCUT2D eigenvalue weighted by atomic mass is 10.1. The van der Waals surface area contributed by atoms with E-state index in [1.807, 2.05) is 81.4 Å². The maximum absolute atomic E-state index is 12.4. The van der Waals surface area contributed by atoms with Crippen molar-refractivity contribution >= 4 is 17.3 Å². The molecule has 0 saturated heterocycles. The summed E-state index contributed by atoms with van der Waals surface area (Å²) in [5.41, 5.74) is 2.91. The van der Waals surface area contributed by atoms with Crippen molar-refractivity contribution in [2.45, 2.75) is 25.9 Å². The highest BCUT2D eigenvalue weighted by Crippen LogP contribution is 2.24. The van der Waals surface area contributed by atoms with Gasteiger partial charge in [-0.15, -0.1) is 0 Å². The van der Waals surface area contributed by atoms with E-state index in [-0.39, 0.29) is 18.0 Å². The van der Waals surface area contributed by atoms with Gasteiger partial charge >= 0.3 is 0 Å². The molecule has 2 rings (SSSR count). The molecule has 0 aliphatic rings. The zero-order valence-electron chi connectivity index (χ0n) is 15.5. The summed E-state index contributed by atoms with van der Waals surface area (Å²) in [5.74, 6) is 0.744. The van der Waals surface area contributed by atoms with Crippen molar-refractivity contribution in [1.29, 1.82) is 0 Å². The minimum atomic E-state index is -0.339. The van der Waals surface area contributed by atoms with Gasteiger partial charge in [-0.05, 0) is 44.2 Å². The lowest BCUT2D eigenvalue weighted by molar-refractivity contribution is -0.117. The van der Waals surface area contributed by atoms with Gasteiger partial charge in [0.2, 0.25) is 5.91 Å². The Labute approximate surface area is 150 Å². The standard InChI is InChI=1S/C20H27N3O2/c1-14(18-8-6-7-9-19(18)25-5)21-15(2)20(24)22-16-10-12-17(13-11-16)23(3)4/h6-15,21H,1-5H3,(H,22,24). The molecule has 25 heavy (non-hydrogen) atoms. The van der Waals surface area contributed by atoms with Crippen LogP contribution in [-0.2, 0) is 4.79 Å². The molecule has 0 spiro atoms. The summed E-state index contributed by atoms with van der Waals surface area (Å²) in [5, 5.41) is 6.26. The van der Waals surface area contributed by atoms with Crippen LogP contribution < -0.4 is 20.3 Å². The highest BCUT2D eigenvalue weighted by Gasteiger charge is 2.18. The van der Waals surface area contributed by atoms with Crippen molar-refractivity contribution in [3.63, 3.8) is 0 Å². The normalized spacial score (nSPS) is 13.0. The first-order chi connectivity index (χ1) is 11.9. The molecule has 134 valence electrons. The molecule has 0 fully saturated rings. The molecule has 0 heterocycles. The molecule has 2 aromatic rings. The van der Waals surface area contributed by atoms with Crippen LogP contribution in [0.2, 0.25) is 0 Å². The minimum absolute atomic E-state index is 0.00647. The number of amides is 1. The summed E-state index contributed by atoms with van der Waals surface area (Å²) in [7, 11) is 5.62. The predicted octanol–water partition coefficient (Wildman–Crippen LogP) is 3.44. The van der Waals surface area contributed by atoms with E-state index in [9.17, 15) is 4.79 Å². The zero-order valence-corrected chi connectivity index (χ0v) is 15.5. The van der Waals surface area contributed by atoms with Crippen LogP contribution in [0.1, 0.15) is 25.5 Å². The van der Waals surface area contributed by atoms with Gasteiger partial charge in [0, 0.05) is 37.1 Å². The van der Waals surface area contributed by atoms with Gasteiger partial charge in [0.15, 0.2) is 0 Å². The molecule has 0 aliphatic carbocycles. The van der Waals surface area contributed by atoms with Crippen LogP contribution in [-0.4, -0.2) is 33.2 Å². The van der Waals surface area contributed by atoms with Gasteiger partial charge in [-0.25, -0.2) is 0 Å². The first-order valence-electron chi connectivity index (χ1n) is 8.39. The quantitative estimate of drug-likeness (QED) is 0.810. The molecule has 5 heteroatoms. The van der Waals surface area contributed by atoms with E-state index >= 15 is 0 Å². The number of nitrogens with zero attached hydrogens (tertiary/aromatic N) is 1. The summed E-state index contributed by atoms with van der Waals surface area (Å²) in [4.78, 5) is 14.5. The van der Waals surface area contributed by atoms with E-state index in [1.165, 1.54) is 0 Å². The van der Waals surface area contributed by atoms with Gasteiger partial charge in [0.05, 0.1) is 13.2 Å². The Morgan fingerprint density at radius 2 is 1.68 bits per heavy atom. The number of nitrogens with one attached hydrogen (secondary N) is 2. The fourth-order valence-electron chi connectivity index (χ4n) is 2.66. The summed E-state index contributed by atoms with van der Waals surface area (Å²) in [6.45, 7) is 3.88. The number of carbonyl (C=O) groups excluding carboxylic acids is 1. The van der Waals surface area contributed by atoms with E-state index in [0.29, 0.717) is 0 Å². The Balaban J connectivity index is 1.97. The average Bonchev–Trinajstić information content (AvgIpc) is 2.61. The maximum atomic E-state index is 12.4. The molecule has 0 aliphatic heterocycles. The highest BCUT2D eigenvalue weighted by molar-refractivity contribution is 5.94. The van der Waals surface area contributed by atoms with Crippen molar-refractivity contribution in [2.24, 2.45) is 0 Å². The Morgan fingerprint density at radius 3 is 2.28 bits per heavy atom. The summed E-state index contributed by atoms with van der Waals surface area (Å²) in [6.07, 6.45) is 0. The van der Waals surface area contributed by atoms with Gasteiger partial charge in [0.25, 0.3) is 0 Å². The fourth-order valence-corrected chi connectivity index (χ4v) is 2.66. The van der Waals surface area contributed by atoms with Crippen molar-refractivity contribution < 1.29 is 9.53 Å². The number of anilines is 2. The Bertz CT molecular complexity index is 698. The van der Waals surface area contributed by atoms with Crippen LogP contribution in [0.25, 0.3) is 0 Å². The van der Waals surface area contributed by atoms with Gasteiger partial charge in [-0.1, -0.05) is 18.2 Å². The number of hydrogen-bond acceptors (Lipinski definition) is 4. The Morgan fingerprint density at radius 1 is 1.04 bits per heavy atom. The third kappa shape index (κ3) is 4.97. The lowest BCUT2D eigenvalue weighted by Crippen LogP contribution is -2.39. The molecule has 0 saturated carbocycles. The molecular formula is C20H27N3O2.